The molecule has 0 aromatic heterocycles. The lowest BCUT2D eigenvalue weighted by Gasteiger charge is -2.16. The molecule has 0 spiro atoms. The van der Waals surface area contributed by atoms with Crippen LogP contribution in [-0.2, 0) is 0 Å². The first-order valence-corrected chi connectivity index (χ1v) is 7.62. The summed E-state index contributed by atoms with van der Waals surface area (Å²) in [5.74, 6) is -0.182. The van der Waals surface area contributed by atoms with Crippen molar-refractivity contribution >= 4 is 27.7 Å². The third-order valence-corrected chi connectivity index (χ3v) is 4.56. The molecule has 100 valence electrons. The summed E-state index contributed by atoms with van der Waals surface area (Å²) in [5.41, 5.74) is 1.16. The second kappa shape index (κ2) is 6.55. The molecule has 0 saturated heterocycles. The molecule has 1 atom stereocenters. The average molecular weight is 340 g/mol. The zero-order valence-electron chi connectivity index (χ0n) is 10.8. The van der Waals surface area contributed by atoms with Crippen molar-refractivity contribution in [2.45, 2.75) is 22.8 Å². The number of halogens is 2. The molecule has 2 aromatic rings. The van der Waals surface area contributed by atoms with E-state index in [1.807, 2.05) is 25.2 Å². The SMILES string of the molecule is CNC(C)c1cc(Br)ccc1Sc1ccccc1F. The van der Waals surface area contributed by atoms with Crippen LogP contribution >= 0.6 is 27.7 Å². The van der Waals surface area contributed by atoms with Crippen LogP contribution in [0.5, 0.6) is 0 Å². The number of benzene rings is 2. The summed E-state index contributed by atoms with van der Waals surface area (Å²) in [7, 11) is 1.92. The van der Waals surface area contributed by atoms with Crippen LogP contribution in [-0.4, -0.2) is 7.05 Å². The number of hydrogen-bond donors (Lipinski definition) is 1. The van der Waals surface area contributed by atoms with Crippen LogP contribution in [0.4, 0.5) is 4.39 Å². The molecule has 2 rings (SSSR count). The zero-order valence-corrected chi connectivity index (χ0v) is 13.2. The van der Waals surface area contributed by atoms with Crippen molar-refractivity contribution in [2.75, 3.05) is 7.05 Å². The predicted molar refractivity (Wildman–Crippen MR) is 82.1 cm³/mol. The van der Waals surface area contributed by atoms with E-state index in [1.54, 1.807) is 12.1 Å². The van der Waals surface area contributed by atoms with Crippen LogP contribution in [0.25, 0.3) is 0 Å². The van der Waals surface area contributed by atoms with Gasteiger partial charge in [0.05, 0.1) is 0 Å². The van der Waals surface area contributed by atoms with Gasteiger partial charge in [-0.15, -0.1) is 0 Å². The lowest BCUT2D eigenvalue weighted by atomic mass is 10.1. The number of hydrogen-bond acceptors (Lipinski definition) is 2. The van der Waals surface area contributed by atoms with Gasteiger partial charge in [0.15, 0.2) is 0 Å². The lowest BCUT2D eigenvalue weighted by Crippen LogP contribution is -2.13. The van der Waals surface area contributed by atoms with Crippen molar-refractivity contribution in [3.63, 3.8) is 0 Å². The van der Waals surface area contributed by atoms with Gasteiger partial charge in [-0.3, -0.25) is 0 Å². The molecule has 19 heavy (non-hydrogen) atoms. The molecular formula is C15H15BrFNS. The minimum atomic E-state index is -0.182. The highest BCUT2D eigenvalue weighted by Gasteiger charge is 2.12. The van der Waals surface area contributed by atoms with E-state index in [-0.39, 0.29) is 11.9 Å². The van der Waals surface area contributed by atoms with Crippen molar-refractivity contribution in [2.24, 2.45) is 0 Å². The molecule has 1 N–H and O–H groups in total. The summed E-state index contributed by atoms with van der Waals surface area (Å²) in [6, 6.07) is 13.1. The molecule has 1 nitrogen and oxygen atoms in total. The molecule has 0 aliphatic carbocycles. The van der Waals surface area contributed by atoms with Gasteiger partial charge < -0.3 is 5.32 Å². The van der Waals surface area contributed by atoms with Crippen LogP contribution in [0.3, 0.4) is 0 Å². The van der Waals surface area contributed by atoms with Gasteiger partial charge >= 0.3 is 0 Å². The summed E-state index contributed by atoms with van der Waals surface area (Å²) < 4.78 is 14.8. The van der Waals surface area contributed by atoms with Crippen LogP contribution in [0, 0.1) is 5.82 Å². The van der Waals surface area contributed by atoms with Gasteiger partial charge in [0, 0.05) is 20.3 Å². The predicted octanol–water partition coefficient (Wildman–Crippen LogP) is 5.02. The van der Waals surface area contributed by atoms with Crippen LogP contribution < -0.4 is 5.32 Å². The maximum atomic E-state index is 13.7. The van der Waals surface area contributed by atoms with E-state index in [9.17, 15) is 4.39 Å². The van der Waals surface area contributed by atoms with Crippen molar-refractivity contribution < 1.29 is 4.39 Å². The Bertz CT molecular complexity index is 574. The van der Waals surface area contributed by atoms with Gasteiger partial charge in [0.25, 0.3) is 0 Å². The fourth-order valence-electron chi connectivity index (χ4n) is 1.75. The molecule has 0 saturated carbocycles. The zero-order chi connectivity index (χ0) is 13.8. The largest absolute Gasteiger partial charge is 0.313 e. The Morgan fingerprint density at radius 3 is 2.58 bits per heavy atom. The Labute approximate surface area is 125 Å². The molecule has 0 radical (unpaired) electrons. The topological polar surface area (TPSA) is 12.0 Å². The molecule has 0 aliphatic heterocycles. The minimum Gasteiger partial charge on any atom is -0.313 e. The highest BCUT2D eigenvalue weighted by atomic mass is 79.9. The molecule has 0 bridgehead atoms. The Balaban J connectivity index is 2.37. The van der Waals surface area contributed by atoms with Crippen molar-refractivity contribution in [3.8, 4) is 0 Å². The van der Waals surface area contributed by atoms with Crippen LogP contribution in [0.15, 0.2) is 56.7 Å². The van der Waals surface area contributed by atoms with Crippen LogP contribution in [0.2, 0.25) is 0 Å². The van der Waals surface area contributed by atoms with Gasteiger partial charge in [-0.1, -0.05) is 39.8 Å². The standard InChI is InChI=1S/C15H15BrFNS/c1-10(18-2)12-9-11(16)7-8-14(12)19-15-6-4-3-5-13(15)17/h3-10,18H,1-2H3. The molecule has 0 fully saturated rings. The monoisotopic (exact) mass is 339 g/mol. The Morgan fingerprint density at radius 1 is 1.16 bits per heavy atom. The van der Waals surface area contributed by atoms with E-state index in [0.29, 0.717) is 4.90 Å². The van der Waals surface area contributed by atoms with Crippen molar-refractivity contribution in [3.05, 3.63) is 58.3 Å². The molecule has 1 unspecified atom stereocenters. The smallest absolute Gasteiger partial charge is 0.137 e. The molecule has 0 heterocycles. The quantitative estimate of drug-likeness (QED) is 0.839. The average Bonchev–Trinajstić information content (AvgIpc) is 2.42. The van der Waals surface area contributed by atoms with Gasteiger partial charge in [0.1, 0.15) is 5.82 Å². The lowest BCUT2D eigenvalue weighted by molar-refractivity contribution is 0.601. The van der Waals surface area contributed by atoms with Gasteiger partial charge in [-0.2, -0.15) is 0 Å². The Kier molecular flexibility index (Phi) is 5.02. The van der Waals surface area contributed by atoms with E-state index >= 15 is 0 Å². The first-order chi connectivity index (χ1) is 9.11. The molecule has 0 amide bonds. The van der Waals surface area contributed by atoms with Crippen molar-refractivity contribution in [1.29, 1.82) is 0 Å². The normalized spacial score (nSPS) is 12.4. The first kappa shape index (κ1) is 14.6. The second-order valence-corrected chi connectivity index (χ2v) is 6.22. The Morgan fingerprint density at radius 2 is 1.89 bits per heavy atom. The Hall–Kier alpha value is -0.840. The molecular weight excluding hydrogens is 325 g/mol. The van der Waals surface area contributed by atoms with E-state index < -0.39 is 0 Å². The fourth-order valence-corrected chi connectivity index (χ4v) is 3.17. The summed E-state index contributed by atoms with van der Waals surface area (Å²) in [6.07, 6.45) is 0. The van der Waals surface area contributed by atoms with Gasteiger partial charge in [-0.05, 0) is 49.9 Å². The molecule has 2 aromatic carbocycles. The molecule has 4 heteroatoms. The van der Waals surface area contributed by atoms with E-state index in [2.05, 4.69) is 34.2 Å². The first-order valence-electron chi connectivity index (χ1n) is 6.01. The van der Waals surface area contributed by atoms with Gasteiger partial charge in [-0.25, -0.2) is 4.39 Å². The minimum absolute atomic E-state index is 0.182. The third-order valence-electron chi connectivity index (χ3n) is 2.93. The van der Waals surface area contributed by atoms with E-state index in [4.69, 9.17) is 0 Å². The number of rotatable bonds is 4. The summed E-state index contributed by atoms with van der Waals surface area (Å²) in [4.78, 5) is 1.71. The highest BCUT2D eigenvalue weighted by molar-refractivity contribution is 9.10. The van der Waals surface area contributed by atoms with Gasteiger partial charge in [0.2, 0.25) is 0 Å². The molecule has 0 aliphatic rings. The van der Waals surface area contributed by atoms with E-state index in [1.165, 1.54) is 17.8 Å². The second-order valence-electron chi connectivity index (χ2n) is 4.22. The number of nitrogens with one attached hydrogen (secondary N) is 1. The summed E-state index contributed by atoms with van der Waals surface area (Å²) in [5, 5.41) is 3.22. The third kappa shape index (κ3) is 3.59. The van der Waals surface area contributed by atoms with Crippen LogP contribution in [0.1, 0.15) is 18.5 Å². The maximum Gasteiger partial charge on any atom is 0.137 e. The maximum absolute atomic E-state index is 13.7. The summed E-state index contributed by atoms with van der Waals surface area (Å²) in [6.45, 7) is 2.09. The fraction of sp³-hybridized carbons (Fsp3) is 0.200. The highest BCUT2D eigenvalue weighted by Crippen LogP contribution is 2.35. The summed E-state index contributed by atoms with van der Waals surface area (Å²) >= 11 is 4.94. The van der Waals surface area contributed by atoms with Crippen molar-refractivity contribution in [1.82, 2.24) is 5.32 Å². The van der Waals surface area contributed by atoms with E-state index in [0.717, 1.165) is 14.9 Å².